The van der Waals surface area contributed by atoms with Crippen molar-refractivity contribution < 1.29 is 8.42 Å². The quantitative estimate of drug-likeness (QED) is 0.838. The van der Waals surface area contributed by atoms with Gasteiger partial charge in [-0.3, -0.25) is 0 Å². The van der Waals surface area contributed by atoms with Crippen molar-refractivity contribution in [2.24, 2.45) is 0 Å². The van der Waals surface area contributed by atoms with Crippen LogP contribution in [0.5, 0.6) is 0 Å². The molecule has 3 nitrogen and oxygen atoms in total. The molecule has 0 bridgehead atoms. The van der Waals surface area contributed by atoms with Crippen LogP contribution in [0.2, 0.25) is 0 Å². The molecule has 1 heterocycles. The second kappa shape index (κ2) is 4.21. The molecule has 0 saturated heterocycles. The molecule has 5 heteroatoms. The minimum atomic E-state index is -3.09. The van der Waals surface area contributed by atoms with E-state index in [-0.39, 0.29) is 11.8 Å². The first-order valence-corrected chi connectivity index (χ1v) is 6.67. The summed E-state index contributed by atoms with van der Waals surface area (Å²) in [6.45, 7) is 3.47. The molecule has 1 aromatic rings. The molecule has 0 radical (unpaired) electrons. The maximum atomic E-state index is 11.2. The van der Waals surface area contributed by atoms with Crippen LogP contribution < -0.4 is 4.72 Å². The van der Waals surface area contributed by atoms with E-state index in [9.17, 15) is 8.42 Å². The summed E-state index contributed by atoms with van der Waals surface area (Å²) >= 11 is 1.57. The fourth-order valence-electron chi connectivity index (χ4n) is 0.942. The average Bonchev–Trinajstić information content (AvgIpc) is 2.55. The van der Waals surface area contributed by atoms with Crippen molar-refractivity contribution in [2.45, 2.75) is 19.9 Å². The number of rotatable bonds is 4. The van der Waals surface area contributed by atoms with Gasteiger partial charge in [-0.25, -0.2) is 13.1 Å². The topological polar surface area (TPSA) is 46.2 Å². The van der Waals surface area contributed by atoms with E-state index in [0.29, 0.717) is 0 Å². The van der Waals surface area contributed by atoms with Crippen LogP contribution in [0.1, 0.15) is 25.5 Å². The van der Waals surface area contributed by atoms with Crippen molar-refractivity contribution in [3.8, 4) is 0 Å². The highest BCUT2D eigenvalue weighted by atomic mass is 32.2. The van der Waals surface area contributed by atoms with Crippen LogP contribution in [0.25, 0.3) is 0 Å². The Hall–Kier alpha value is -0.390. The lowest BCUT2D eigenvalue weighted by Crippen LogP contribution is -2.27. The minimum Gasteiger partial charge on any atom is -0.212 e. The zero-order chi connectivity index (χ0) is 9.90. The lowest BCUT2D eigenvalue weighted by Gasteiger charge is -2.11. The Kier molecular flexibility index (Phi) is 3.47. The number of sulfonamides is 1. The van der Waals surface area contributed by atoms with Crippen LogP contribution in [-0.4, -0.2) is 14.2 Å². The van der Waals surface area contributed by atoms with Crippen molar-refractivity contribution >= 4 is 21.4 Å². The molecular weight excluding hydrogens is 206 g/mol. The van der Waals surface area contributed by atoms with Gasteiger partial charge in [-0.1, -0.05) is 0 Å². The van der Waals surface area contributed by atoms with Gasteiger partial charge in [0.25, 0.3) is 0 Å². The normalized spacial score (nSPS) is 14.3. The van der Waals surface area contributed by atoms with Crippen LogP contribution in [0.4, 0.5) is 0 Å². The van der Waals surface area contributed by atoms with Gasteiger partial charge in [-0.05, 0) is 36.2 Å². The first-order valence-electron chi connectivity index (χ1n) is 4.07. The molecule has 0 aliphatic rings. The monoisotopic (exact) mass is 219 g/mol. The van der Waals surface area contributed by atoms with Crippen molar-refractivity contribution in [3.63, 3.8) is 0 Å². The predicted octanol–water partition coefficient (Wildman–Crippen LogP) is 1.75. The van der Waals surface area contributed by atoms with Crippen LogP contribution >= 0.6 is 11.3 Å². The molecule has 0 amide bonds. The van der Waals surface area contributed by atoms with Gasteiger partial charge in [0.2, 0.25) is 10.0 Å². The molecule has 1 N–H and O–H groups in total. The zero-order valence-corrected chi connectivity index (χ0v) is 9.28. The third kappa shape index (κ3) is 3.10. The summed E-state index contributed by atoms with van der Waals surface area (Å²) in [5.74, 6) is 0.126. The number of thiophene rings is 1. The molecule has 1 atom stereocenters. The molecule has 1 aromatic heterocycles. The Morgan fingerprint density at radius 3 is 2.77 bits per heavy atom. The second-order valence-electron chi connectivity index (χ2n) is 2.80. The Morgan fingerprint density at radius 1 is 1.62 bits per heavy atom. The van der Waals surface area contributed by atoms with E-state index >= 15 is 0 Å². The van der Waals surface area contributed by atoms with Crippen LogP contribution in [0, 0.1) is 0 Å². The summed E-state index contributed by atoms with van der Waals surface area (Å²) in [7, 11) is -3.09. The smallest absolute Gasteiger partial charge is 0.211 e. The van der Waals surface area contributed by atoms with Crippen molar-refractivity contribution in [2.75, 3.05) is 5.75 Å². The van der Waals surface area contributed by atoms with Gasteiger partial charge < -0.3 is 0 Å². The molecule has 0 spiro atoms. The van der Waals surface area contributed by atoms with Gasteiger partial charge >= 0.3 is 0 Å². The summed E-state index contributed by atoms with van der Waals surface area (Å²) in [4.78, 5) is 0. The fourth-order valence-corrected chi connectivity index (χ4v) is 2.54. The van der Waals surface area contributed by atoms with E-state index in [1.165, 1.54) is 0 Å². The second-order valence-corrected chi connectivity index (χ2v) is 5.62. The first kappa shape index (κ1) is 10.7. The standard InChI is InChI=1S/C8H13NO2S2/c1-3-13(10,11)9-7(2)8-4-5-12-6-8/h4-7,9H,3H2,1-2H3. The Labute approximate surface area is 82.8 Å². The zero-order valence-electron chi connectivity index (χ0n) is 7.65. The minimum absolute atomic E-state index is 0.126. The van der Waals surface area contributed by atoms with Crippen molar-refractivity contribution in [1.82, 2.24) is 4.72 Å². The lowest BCUT2D eigenvalue weighted by molar-refractivity contribution is 0.568. The molecule has 0 aliphatic heterocycles. The molecule has 0 aliphatic carbocycles. The van der Waals surface area contributed by atoms with E-state index in [1.807, 2.05) is 23.8 Å². The van der Waals surface area contributed by atoms with Crippen molar-refractivity contribution in [3.05, 3.63) is 22.4 Å². The maximum Gasteiger partial charge on any atom is 0.211 e. The molecule has 74 valence electrons. The maximum absolute atomic E-state index is 11.2. The predicted molar refractivity (Wildman–Crippen MR) is 55.3 cm³/mol. The molecule has 1 unspecified atom stereocenters. The van der Waals surface area contributed by atoms with Gasteiger partial charge in [0, 0.05) is 6.04 Å². The van der Waals surface area contributed by atoms with Crippen LogP contribution in [0.3, 0.4) is 0 Å². The summed E-state index contributed by atoms with van der Waals surface area (Å²) in [6, 6.07) is 1.80. The van der Waals surface area contributed by atoms with E-state index in [4.69, 9.17) is 0 Å². The number of hydrogen-bond donors (Lipinski definition) is 1. The van der Waals surface area contributed by atoms with E-state index in [0.717, 1.165) is 5.56 Å². The van der Waals surface area contributed by atoms with Crippen LogP contribution in [-0.2, 0) is 10.0 Å². The van der Waals surface area contributed by atoms with Crippen molar-refractivity contribution in [1.29, 1.82) is 0 Å². The highest BCUT2D eigenvalue weighted by Crippen LogP contribution is 2.16. The summed E-state index contributed by atoms with van der Waals surface area (Å²) in [5.41, 5.74) is 1.02. The highest BCUT2D eigenvalue weighted by Gasteiger charge is 2.13. The van der Waals surface area contributed by atoms with Gasteiger partial charge in [-0.2, -0.15) is 11.3 Å². The van der Waals surface area contributed by atoms with Crippen LogP contribution in [0.15, 0.2) is 16.8 Å². The summed E-state index contributed by atoms with van der Waals surface area (Å²) in [5, 5.41) is 3.88. The SMILES string of the molecule is CCS(=O)(=O)NC(C)c1ccsc1. The Morgan fingerprint density at radius 2 is 2.31 bits per heavy atom. The number of hydrogen-bond acceptors (Lipinski definition) is 3. The largest absolute Gasteiger partial charge is 0.212 e. The first-order chi connectivity index (χ1) is 6.05. The summed E-state index contributed by atoms with van der Waals surface area (Å²) < 4.78 is 25.0. The Balaban J connectivity index is 2.67. The average molecular weight is 219 g/mol. The van der Waals surface area contributed by atoms with E-state index < -0.39 is 10.0 Å². The van der Waals surface area contributed by atoms with E-state index in [2.05, 4.69) is 4.72 Å². The van der Waals surface area contributed by atoms with E-state index in [1.54, 1.807) is 18.3 Å². The van der Waals surface area contributed by atoms with Gasteiger partial charge in [0.1, 0.15) is 0 Å². The van der Waals surface area contributed by atoms with Gasteiger partial charge in [-0.15, -0.1) is 0 Å². The van der Waals surface area contributed by atoms with Gasteiger partial charge in [0.15, 0.2) is 0 Å². The molecular formula is C8H13NO2S2. The lowest BCUT2D eigenvalue weighted by atomic mass is 10.2. The molecule has 1 rings (SSSR count). The third-order valence-corrected chi connectivity index (χ3v) is 3.95. The molecule has 0 saturated carbocycles. The third-order valence-electron chi connectivity index (χ3n) is 1.78. The highest BCUT2D eigenvalue weighted by molar-refractivity contribution is 7.89. The van der Waals surface area contributed by atoms with Gasteiger partial charge in [0.05, 0.1) is 5.75 Å². The molecule has 0 aromatic carbocycles. The fraction of sp³-hybridized carbons (Fsp3) is 0.500. The Bertz CT molecular complexity index is 342. The molecule has 0 fully saturated rings. The summed E-state index contributed by atoms with van der Waals surface area (Å²) in [6.07, 6.45) is 0. The molecule has 13 heavy (non-hydrogen) atoms. The number of nitrogens with one attached hydrogen (secondary N) is 1.